The van der Waals surface area contributed by atoms with Crippen molar-refractivity contribution in [3.05, 3.63) is 44.1 Å². The Morgan fingerprint density at radius 3 is 2.70 bits per heavy atom. The lowest BCUT2D eigenvalue weighted by Crippen LogP contribution is -2.24. The smallest absolute Gasteiger partial charge is 0.231 e. The highest BCUT2D eigenvalue weighted by Crippen LogP contribution is 2.36. The summed E-state index contributed by atoms with van der Waals surface area (Å²) in [5.74, 6) is 1.52. The molecule has 2 aromatic rings. The van der Waals surface area contributed by atoms with Gasteiger partial charge < -0.3 is 19.9 Å². The van der Waals surface area contributed by atoms with Crippen molar-refractivity contribution in [3.8, 4) is 11.5 Å². The van der Waals surface area contributed by atoms with E-state index in [-0.39, 0.29) is 25.2 Å². The van der Waals surface area contributed by atoms with Gasteiger partial charge in [-0.1, -0.05) is 29.3 Å². The van der Waals surface area contributed by atoms with Crippen LogP contribution in [0, 0.1) is 0 Å². The molecule has 1 aromatic carbocycles. The molecular weight excluding hydrogens is 381 g/mol. The molecule has 8 heteroatoms. The number of benzene rings is 1. The fourth-order valence-electron chi connectivity index (χ4n) is 2.22. The average molecular weight is 397 g/mol. The molecular formula is C15H16Cl3NO3S. The first kappa shape index (κ1) is 18.6. The maximum absolute atomic E-state index is 10.2. The van der Waals surface area contributed by atoms with Crippen LogP contribution < -0.4 is 14.8 Å². The van der Waals surface area contributed by atoms with Crippen molar-refractivity contribution < 1.29 is 14.6 Å². The lowest BCUT2D eigenvalue weighted by molar-refractivity contribution is 0.173. The van der Waals surface area contributed by atoms with E-state index in [9.17, 15) is 5.11 Å². The number of ether oxygens (including phenoxy) is 2. The van der Waals surface area contributed by atoms with Crippen LogP contribution in [0.4, 0.5) is 0 Å². The molecule has 1 aliphatic heterocycles. The molecule has 126 valence electrons. The first-order valence-corrected chi connectivity index (χ1v) is 8.37. The molecule has 0 aliphatic carbocycles. The summed E-state index contributed by atoms with van der Waals surface area (Å²) in [5.41, 5.74) is 1.07. The van der Waals surface area contributed by atoms with Crippen LogP contribution >= 0.6 is 46.9 Å². The van der Waals surface area contributed by atoms with Crippen LogP contribution in [0.2, 0.25) is 9.36 Å². The minimum Gasteiger partial charge on any atom is -0.454 e. The van der Waals surface area contributed by atoms with Gasteiger partial charge in [0.1, 0.15) is 10.4 Å². The van der Waals surface area contributed by atoms with Crippen molar-refractivity contribution in [3.63, 3.8) is 0 Å². The molecule has 2 heterocycles. The Labute approximate surface area is 154 Å². The Morgan fingerprint density at radius 1 is 1.26 bits per heavy atom. The van der Waals surface area contributed by atoms with E-state index in [1.54, 1.807) is 6.07 Å². The lowest BCUT2D eigenvalue weighted by atomic mass is 10.1. The monoisotopic (exact) mass is 395 g/mol. The Balaban J connectivity index is 0.00000192. The van der Waals surface area contributed by atoms with Gasteiger partial charge in [0.15, 0.2) is 11.5 Å². The Morgan fingerprint density at radius 2 is 2.00 bits per heavy atom. The molecule has 0 amide bonds. The number of fused-ring (bicyclic) bond motifs is 1. The van der Waals surface area contributed by atoms with Crippen LogP contribution in [-0.2, 0) is 0 Å². The van der Waals surface area contributed by atoms with E-state index < -0.39 is 6.10 Å². The molecule has 0 bridgehead atoms. The van der Waals surface area contributed by atoms with Crippen molar-refractivity contribution >= 4 is 46.9 Å². The number of hydrogen-bond donors (Lipinski definition) is 2. The fourth-order valence-corrected chi connectivity index (χ4v) is 3.60. The maximum atomic E-state index is 10.2. The Hall–Kier alpha value is -0.690. The second-order valence-corrected chi connectivity index (χ2v) is 7.12. The van der Waals surface area contributed by atoms with E-state index in [0.29, 0.717) is 15.9 Å². The predicted molar refractivity (Wildman–Crippen MR) is 95.5 cm³/mol. The zero-order valence-corrected chi connectivity index (χ0v) is 15.4. The van der Waals surface area contributed by atoms with Crippen LogP contribution in [0.1, 0.15) is 29.5 Å². The van der Waals surface area contributed by atoms with E-state index in [0.717, 1.165) is 21.9 Å². The highest BCUT2D eigenvalue weighted by atomic mass is 35.5. The van der Waals surface area contributed by atoms with Crippen molar-refractivity contribution in [2.45, 2.75) is 19.1 Å². The molecule has 0 fully saturated rings. The molecule has 1 aromatic heterocycles. The van der Waals surface area contributed by atoms with Crippen LogP contribution in [0.5, 0.6) is 11.5 Å². The summed E-state index contributed by atoms with van der Waals surface area (Å²) >= 11 is 13.1. The highest BCUT2D eigenvalue weighted by molar-refractivity contribution is 7.17. The SMILES string of the molecule is CC(NCC(O)c1cc(Cl)c(Cl)s1)c1ccc2c(c1)OCO2.Cl. The van der Waals surface area contributed by atoms with Gasteiger partial charge in [0.2, 0.25) is 6.79 Å². The molecule has 2 unspecified atom stereocenters. The first-order chi connectivity index (χ1) is 10.5. The summed E-state index contributed by atoms with van der Waals surface area (Å²) in [7, 11) is 0. The van der Waals surface area contributed by atoms with Crippen molar-refractivity contribution in [1.82, 2.24) is 5.32 Å². The van der Waals surface area contributed by atoms with Gasteiger partial charge in [0, 0.05) is 17.5 Å². The van der Waals surface area contributed by atoms with Crippen molar-refractivity contribution in [2.24, 2.45) is 0 Å². The Kier molecular flexibility index (Phi) is 6.42. The van der Waals surface area contributed by atoms with Gasteiger partial charge in [-0.3, -0.25) is 0 Å². The summed E-state index contributed by atoms with van der Waals surface area (Å²) in [4.78, 5) is 0.750. The molecule has 2 atom stereocenters. The Bertz CT molecular complexity index is 660. The number of nitrogens with one attached hydrogen (secondary N) is 1. The van der Waals surface area contributed by atoms with Crippen molar-refractivity contribution in [1.29, 1.82) is 0 Å². The highest BCUT2D eigenvalue weighted by Gasteiger charge is 2.17. The molecule has 0 radical (unpaired) electrons. The van der Waals surface area contributed by atoms with Gasteiger partial charge in [0.25, 0.3) is 0 Å². The molecule has 0 spiro atoms. The molecule has 23 heavy (non-hydrogen) atoms. The third-order valence-electron chi connectivity index (χ3n) is 3.51. The molecule has 0 saturated heterocycles. The standard InChI is InChI=1S/C15H15Cl2NO3S.ClH/c1-8(9-2-3-12-13(4-9)21-7-20-12)18-6-11(19)14-5-10(16)15(17)22-14;/h2-5,8,11,18-19H,6-7H2,1H3;1H. The number of rotatable bonds is 5. The van der Waals surface area contributed by atoms with E-state index in [1.165, 1.54) is 11.3 Å². The minimum atomic E-state index is -0.647. The van der Waals surface area contributed by atoms with Gasteiger partial charge in [-0.25, -0.2) is 0 Å². The number of halogens is 3. The largest absolute Gasteiger partial charge is 0.454 e. The van der Waals surface area contributed by atoms with Crippen LogP contribution in [-0.4, -0.2) is 18.4 Å². The normalized spacial score (nSPS) is 15.1. The van der Waals surface area contributed by atoms with Gasteiger partial charge in [-0.2, -0.15) is 0 Å². The van der Waals surface area contributed by atoms with Crippen LogP contribution in [0.3, 0.4) is 0 Å². The third-order valence-corrected chi connectivity index (χ3v) is 5.47. The van der Waals surface area contributed by atoms with Crippen LogP contribution in [0.25, 0.3) is 0 Å². The summed E-state index contributed by atoms with van der Waals surface area (Å²) in [6.45, 7) is 2.70. The minimum absolute atomic E-state index is 0. The van der Waals surface area contributed by atoms with Crippen LogP contribution in [0.15, 0.2) is 24.3 Å². The van der Waals surface area contributed by atoms with Gasteiger partial charge >= 0.3 is 0 Å². The second-order valence-electron chi connectivity index (χ2n) is 5.03. The number of thiophene rings is 1. The molecule has 0 saturated carbocycles. The number of hydrogen-bond acceptors (Lipinski definition) is 5. The van der Waals surface area contributed by atoms with Gasteiger partial charge in [-0.05, 0) is 30.7 Å². The van der Waals surface area contributed by atoms with Gasteiger partial charge in [-0.15, -0.1) is 23.7 Å². The zero-order valence-electron chi connectivity index (χ0n) is 12.2. The number of aliphatic hydroxyl groups is 1. The average Bonchev–Trinajstić information content (AvgIpc) is 3.10. The molecule has 3 rings (SSSR count). The summed E-state index contributed by atoms with van der Waals surface area (Å²) in [6, 6.07) is 7.59. The lowest BCUT2D eigenvalue weighted by Gasteiger charge is -2.17. The zero-order chi connectivity index (χ0) is 15.7. The van der Waals surface area contributed by atoms with E-state index in [2.05, 4.69) is 5.32 Å². The molecule has 4 nitrogen and oxygen atoms in total. The molecule has 1 aliphatic rings. The third kappa shape index (κ3) is 4.24. The fraction of sp³-hybridized carbons (Fsp3) is 0.333. The number of aliphatic hydroxyl groups excluding tert-OH is 1. The van der Waals surface area contributed by atoms with E-state index in [4.69, 9.17) is 32.7 Å². The molecule has 2 N–H and O–H groups in total. The first-order valence-electron chi connectivity index (χ1n) is 6.80. The summed E-state index contributed by atoms with van der Waals surface area (Å²) in [5, 5.41) is 14.0. The quantitative estimate of drug-likeness (QED) is 0.776. The second kappa shape index (κ2) is 7.92. The van der Waals surface area contributed by atoms with Crippen molar-refractivity contribution in [2.75, 3.05) is 13.3 Å². The predicted octanol–water partition coefficient (Wildman–Crippen LogP) is 4.59. The van der Waals surface area contributed by atoms with E-state index >= 15 is 0 Å². The maximum Gasteiger partial charge on any atom is 0.231 e. The van der Waals surface area contributed by atoms with E-state index in [1.807, 2.05) is 25.1 Å². The summed E-state index contributed by atoms with van der Waals surface area (Å²) in [6.07, 6.45) is -0.647. The topological polar surface area (TPSA) is 50.7 Å². The summed E-state index contributed by atoms with van der Waals surface area (Å²) < 4.78 is 11.2. The van der Waals surface area contributed by atoms with Gasteiger partial charge in [0.05, 0.1) is 5.02 Å².